The van der Waals surface area contributed by atoms with Crippen LogP contribution in [0.5, 0.6) is 5.75 Å². The molecule has 0 atom stereocenters. The lowest BCUT2D eigenvalue weighted by molar-refractivity contribution is 0.263. The van der Waals surface area contributed by atoms with Crippen LogP contribution in [0.4, 0.5) is 0 Å². The van der Waals surface area contributed by atoms with E-state index in [0.717, 1.165) is 11.9 Å². The molecule has 0 fully saturated rings. The molecule has 0 spiro atoms. The number of fused-ring (bicyclic) bond motifs is 1. The lowest BCUT2D eigenvalue weighted by atomic mass is 10.2. The second kappa shape index (κ2) is 7.91. The van der Waals surface area contributed by atoms with Crippen LogP contribution in [0.25, 0.3) is 10.9 Å². The van der Waals surface area contributed by atoms with E-state index in [1.165, 1.54) is 3.97 Å². The van der Waals surface area contributed by atoms with Gasteiger partial charge in [0, 0.05) is 18.1 Å². The monoisotopic (exact) mass is 380 g/mol. The van der Waals surface area contributed by atoms with Gasteiger partial charge in [-0.15, -0.1) is 12.4 Å². The Morgan fingerprint density at radius 3 is 2.40 bits per heavy atom. The fraction of sp³-hybridized carbons (Fsp3) is 0.222. The summed E-state index contributed by atoms with van der Waals surface area (Å²) in [5.74, 6) is 0.568. The van der Waals surface area contributed by atoms with Crippen molar-refractivity contribution in [3.63, 3.8) is 0 Å². The molecule has 5 nitrogen and oxygen atoms in total. The number of halogens is 1. The zero-order valence-electron chi connectivity index (χ0n) is 14.1. The van der Waals surface area contributed by atoms with Gasteiger partial charge in [0.15, 0.2) is 0 Å². The van der Waals surface area contributed by atoms with E-state index in [2.05, 4.69) is 0 Å². The van der Waals surface area contributed by atoms with E-state index in [4.69, 9.17) is 4.74 Å². The standard InChI is InChI=1S/C18H20N2O3S.ClH/c1-19(2)13-14-23-17-10-6-7-15-11-12-20(18(15)17)24(21,22)16-8-4-3-5-9-16;/h3-12H,13-14H2,1-2H3;1H. The highest BCUT2D eigenvalue weighted by Gasteiger charge is 2.20. The van der Waals surface area contributed by atoms with E-state index in [1.54, 1.807) is 48.7 Å². The summed E-state index contributed by atoms with van der Waals surface area (Å²) < 4.78 is 33.0. The quantitative estimate of drug-likeness (QED) is 0.658. The number of hydrogen-bond donors (Lipinski definition) is 0. The Hall–Kier alpha value is -2.02. The van der Waals surface area contributed by atoms with Gasteiger partial charge in [0.05, 0.1) is 4.90 Å². The van der Waals surface area contributed by atoms with Crippen LogP contribution in [0.2, 0.25) is 0 Å². The summed E-state index contributed by atoms with van der Waals surface area (Å²) in [5.41, 5.74) is 0.570. The van der Waals surface area contributed by atoms with Gasteiger partial charge in [-0.25, -0.2) is 12.4 Å². The first-order valence-electron chi connectivity index (χ1n) is 7.68. The lowest BCUT2D eigenvalue weighted by Gasteiger charge is -2.14. The molecule has 3 aromatic rings. The van der Waals surface area contributed by atoms with Crippen molar-refractivity contribution >= 4 is 33.3 Å². The van der Waals surface area contributed by atoms with Gasteiger partial charge in [-0.1, -0.05) is 30.3 Å². The molecule has 3 rings (SSSR count). The molecule has 0 bridgehead atoms. The smallest absolute Gasteiger partial charge is 0.268 e. The van der Waals surface area contributed by atoms with Crippen LogP contribution in [-0.2, 0) is 10.0 Å². The topological polar surface area (TPSA) is 51.5 Å². The van der Waals surface area contributed by atoms with Crippen LogP contribution >= 0.6 is 12.4 Å². The highest BCUT2D eigenvalue weighted by Crippen LogP contribution is 2.29. The Balaban J connectivity index is 0.00000225. The highest BCUT2D eigenvalue weighted by molar-refractivity contribution is 7.90. The molecule has 1 heterocycles. The molecule has 0 aliphatic rings. The Kier molecular flexibility index (Phi) is 6.11. The van der Waals surface area contributed by atoms with E-state index in [0.29, 0.717) is 17.9 Å². The summed E-state index contributed by atoms with van der Waals surface area (Å²) in [7, 11) is 0.270. The number of likely N-dealkylation sites (N-methyl/N-ethyl adjacent to an activating group) is 1. The van der Waals surface area contributed by atoms with Crippen molar-refractivity contribution in [2.24, 2.45) is 0 Å². The van der Waals surface area contributed by atoms with Crippen LogP contribution in [0.15, 0.2) is 65.7 Å². The van der Waals surface area contributed by atoms with Gasteiger partial charge < -0.3 is 9.64 Å². The predicted molar refractivity (Wildman–Crippen MR) is 102 cm³/mol. The van der Waals surface area contributed by atoms with Crippen LogP contribution in [0.1, 0.15) is 0 Å². The fourth-order valence-corrected chi connectivity index (χ4v) is 3.88. The van der Waals surface area contributed by atoms with Gasteiger partial charge in [0.2, 0.25) is 0 Å². The zero-order valence-corrected chi connectivity index (χ0v) is 15.8. The Labute approximate surface area is 154 Å². The van der Waals surface area contributed by atoms with Crippen LogP contribution < -0.4 is 4.74 Å². The second-order valence-corrected chi connectivity index (χ2v) is 7.59. The molecule has 0 saturated carbocycles. The Morgan fingerprint density at radius 1 is 1.00 bits per heavy atom. The molecule has 7 heteroatoms. The van der Waals surface area contributed by atoms with Crippen molar-refractivity contribution in [1.82, 2.24) is 8.87 Å². The number of nitrogens with zero attached hydrogens (tertiary/aromatic N) is 2. The maximum Gasteiger partial charge on any atom is 0.268 e. The van der Waals surface area contributed by atoms with E-state index < -0.39 is 10.0 Å². The van der Waals surface area contributed by atoms with E-state index in [-0.39, 0.29) is 17.3 Å². The van der Waals surface area contributed by atoms with Gasteiger partial charge in [0.1, 0.15) is 17.9 Å². The van der Waals surface area contributed by atoms with Crippen molar-refractivity contribution in [3.05, 3.63) is 60.8 Å². The van der Waals surface area contributed by atoms with Crippen molar-refractivity contribution in [2.45, 2.75) is 4.90 Å². The third kappa shape index (κ3) is 3.98. The Morgan fingerprint density at radius 2 is 1.72 bits per heavy atom. The average Bonchev–Trinajstić information content (AvgIpc) is 3.01. The van der Waals surface area contributed by atoms with Crippen molar-refractivity contribution in [2.75, 3.05) is 27.2 Å². The van der Waals surface area contributed by atoms with E-state index >= 15 is 0 Å². The maximum atomic E-state index is 12.9. The van der Waals surface area contributed by atoms with Gasteiger partial charge >= 0.3 is 0 Å². The molecule has 0 N–H and O–H groups in total. The minimum absolute atomic E-state index is 0. The molecular formula is C18H21ClN2O3S. The van der Waals surface area contributed by atoms with Gasteiger partial charge in [0.25, 0.3) is 10.0 Å². The molecule has 25 heavy (non-hydrogen) atoms. The molecule has 0 saturated heterocycles. The summed E-state index contributed by atoms with van der Waals surface area (Å²) >= 11 is 0. The summed E-state index contributed by atoms with van der Waals surface area (Å²) in [6, 6.07) is 15.7. The van der Waals surface area contributed by atoms with Crippen molar-refractivity contribution in [1.29, 1.82) is 0 Å². The zero-order chi connectivity index (χ0) is 17.2. The third-order valence-electron chi connectivity index (χ3n) is 3.74. The summed E-state index contributed by atoms with van der Waals surface area (Å²) in [6.07, 6.45) is 1.58. The Bertz CT molecular complexity index is 937. The molecule has 1 aromatic heterocycles. The highest BCUT2D eigenvalue weighted by atomic mass is 35.5. The number of benzene rings is 2. The van der Waals surface area contributed by atoms with Gasteiger partial charge in [-0.3, -0.25) is 0 Å². The number of para-hydroxylation sites is 1. The van der Waals surface area contributed by atoms with Crippen molar-refractivity contribution in [3.8, 4) is 5.75 Å². The molecule has 0 aliphatic heterocycles. The van der Waals surface area contributed by atoms with Gasteiger partial charge in [-0.05, 0) is 38.4 Å². The number of ether oxygens (including phenoxy) is 1. The average molecular weight is 381 g/mol. The van der Waals surface area contributed by atoms with E-state index in [1.807, 2.05) is 31.1 Å². The lowest BCUT2D eigenvalue weighted by Crippen LogP contribution is -2.20. The largest absolute Gasteiger partial charge is 0.490 e. The summed E-state index contributed by atoms with van der Waals surface area (Å²) in [6.45, 7) is 1.24. The van der Waals surface area contributed by atoms with Crippen molar-refractivity contribution < 1.29 is 13.2 Å². The first-order valence-corrected chi connectivity index (χ1v) is 9.12. The van der Waals surface area contributed by atoms with Crippen LogP contribution in [0.3, 0.4) is 0 Å². The SMILES string of the molecule is CN(C)CCOc1cccc2ccn(S(=O)(=O)c3ccccc3)c12.Cl. The minimum Gasteiger partial charge on any atom is -0.490 e. The van der Waals surface area contributed by atoms with Gasteiger partial charge in [-0.2, -0.15) is 0 Å². The summed E-state index contributed by atoms with van der Waals surface area (Å²) in [4.78, 5) is 2.27. The maximum absolute atomic E-state index is 12.9. The molecule has 0 aliphatic carbocycles. The fourth-order valence-electron chi connectivity index (χ4n) is 2.49. The van der Waals surface area contributed by atoms with Crippen LogP contribution in [0, 0.1) is 0 Å². The number of hydrogen-bond acceptors (Lipinski definition) is 4. The van der Waals surface area contributed by atoms with Crippen LogP contribution in [-0.4, -0.2) is 44.5 Å². The normalized spacial score (nSPS) is 11.5. The third-order valence-corrected chi connectivity index (χ3v) is 5.43. The minimum atomic E-state index is -3.66. The first-order chi connectivity index (χ1) is 11.5. The number of aromatic nitrogens is 1. The first kappa shape index (κ1) is 19.3. The summed E-state index contributed by atoms with van der Waals surface area (Å²) in [5, 5.41) is 0.830. The number of rotatable bonds is 6. The molecule has 134 valence electrons. The second-order valence-electron chi connectivity index (χ2n) is 5.78. The molecule has 0 radical (unpaired) electrons. The van der Waals surface area contributed by atoms with E-state index in [9.17, 15) is 8.42 Å². The molecule has 0 amide bonds. The predicted octanol–water partition coefficient (Wildman–Crippen LogP) is 3.24. The molecule has 2 aromatic carbocycles. The molecule has 0 unspecified atom stereocenters. The molecular weight excluding hydrogens is 360 g/mol.